The largest absolute Gasteiger partial charge is 0.318 e. The number of fused-ring (bicyclic) bond motifs is 2. The molecule has 2 aromatic heterocycles. The highest BCUT2D eigenvalue weighted by molar-refractivity contribution is 9.10. The Morgan fingerprint density at radius 2 is 1.89 bits per heavy atom. The predicted octanol–water partition coefficient (Wildman–Crippen LogP) is 3.02. The lowest BCUT2D eigenvalue weighted by Crippen LogP contribution is -2.29. The van der Waals surface area contributed by atoms with Crippen molar-refractivity contribution in [3.8, 4) is 11.3 Å². The van der Waals surface area contributed by atoms with Crippen molar-refractivity contribution in [2.24, 2.45) is 0 Å². The van der Waals surface area contributed by atoms with Crippen LogP contribution in [0.15, 0.2) is 57.8 Å². The van der Waals surface area contributed by atoms with E-state index in [0.29, 0.717) is 16.8 Å². The Kier molecular flexibility index (Phi) is 3.79. The van der Waals surface area contributed by atoms with Crippen molar-refractivity contribution in [3.63, 3.8) is 0 Å². The summed E-state index contributed by atoms with van der Waals surface area (Å²) >= 11 is 3.41. The normalized spacial score (nSPS) is 14.9. The summed E-state index contributed by atoms with van der Waals surface area (Å²) in [6.07, 6.45) is 0. The van der Waals surface area contributed by atoms with Gasteiger partial charge in [-0.15, -0.1) is 0 Å². The van der Waals surface area contributed by atoms with Gasteiger partial charge in [0.15, 0.2) is 0 Å². The van der Waals surface area contributed by atoms with E-state index in [2.05, 4.69) is 47.0 Å². The number of hydrogen-bond donors (Lipinski definition) is 2. The number of H-pyrrole nitrogens is 1. The fourth-order valence-electron chi connectivity index (χ4n) is 3.35. The van der Waals surface area contributed by atoms with Gasteiger partial charge in [0.05, 0.1) is 5.69 Å². The van der Waals surface area contributed by atoms with E-state index in [4.69, 9.17) is 0 Å². The van der Waals surface area contributed by atoms with Gasteiger partial charge in [-0.1, -0.05) is 51.4 Å². The van der Waals surface area contributed by atoms with E-state index < -0.39 is 17.4 Å². The summed E-state index contributed by atoms with van der Waals surface area (Å²) < 4.78 is 17.1. The zero-order valence-electron chi connectivity index (χ0n) is 14.1. The minimum absolute atomic E-state index is 0.239. The van der Waals surface area contributed by atoms with Crippen LogP contribution in [-0.2, 0) is 0 Å². The fraction of sp³-hybridized carbons (Fsp3) is 0.0556. The van der Waals surface area contributed by atoms with Gasteiger partial charge in [-0.3, -0.25) is 4.79 Å². The number of hydrogen-bond acceptors (Lipinski definition) is 6. The molecular weight excluding hydrogens is 429 g/mol. The molecule has 2 N–H and O–H groups in total. The zero-order chi connectivity index (χ0) is 19.3. The number of halogens is 2. The summed E-state index contributed by atoms with van der Waals surface area (Å²) in [6.45, 7) is 0. The SMILES string of the molecule is O=c1[nH]nc(-c2ccc(Br)cc2)c2c1Nc1nnnn1C2c1ccccc1F. The molecule has 1 aliphatic heterocycles. The van der Waals surface area contributed by atoms with Crippen LogP contribution in [0.2, 0.25) is 0 Å². The van der Waals surface area contributed by atoms with Crippen molar-refractivity contribution in [2.45, 2.75) is 6.04 Å². The van der Waals surface area contributed by atoms with Crippen LogP contribution >= 0.6 is 15.9 Å². The molecule has 1 unspecified atom stereocenters. The van der Waals surface area contributed by atoms with Crippen LogP contribution in [0.3, 0.4) is 0 Å². The number of nitrogens with one attached hydrogen (secondary N) is 2. The topological polar surface area (TPSA) is 101 Å². The van der Waals surface area contributed by atoms with Gasteiger partial charge in [0.1, 0.15) is 17.5 Å². The fourth-order valence-corrected chi connectivity index (χ4v) is 3.61. The molecule has 0 aliphatic carbocycles. The molecule has 1 aliphatic rings. The monoisotopic (exact) mass is 439 g/mol. The Morgan fingerprint density at radius 3 is 2.68 bits per heavy atom. The van der Waals surface area contributed by atoms with Gasteiger partial charge in [-0.2, -0.15) is 9.78 Å². The van der Waals surface area contributed by atoms with Gasteiger partial charge in [-0.05, 0) is 28.6 Å². The number of aromatic nitrogens is 6. The number of benzene rings is 2. The quantitative estimate of drug-likeness (QED) is 0.438. The first-order valence-corrected chi connectivity index (χ1v) is 9.10. The van der Waals surface area contributed by atoms with E-state index in [-0.39, 0.29) is 11.6 Å². The molecule has 1 atom stereocenters. The van der Waals surface area contributed by atoms with Crippen LogP contribution < -0.4 is 10.9 Å². The molecule has 5 rings (SSSR count). The molecule has 2 aromatic carbocycles. The molecule has 3 heterocycles. The number of aromatic amines is 1. The lowest BCUT2D eigenvalue weighted by molar-refractivity contribution is 0.527. The predicted molar refractivity (Wildman–Crippen MR) is 103 cm³/mol. The van der Waals surface area contributed by atoms with E-state index >= 15 is 0 Å². The van der Waals surface area contributed by atoms with Gasteiger partial charge < -0.3 is 5.32 Å². The van der Waals surface area contributed by atoms with Crippen LogP contribution in [0.25, 0.3) is 11.3 Å². The van der Waals surface area contributed by atoms with Gasteiger partial charge in [0.2, 0.25) is 5.95 Å². The van der Waals surface area contributed by atoms with Crippen LogP contribution in [0.5, 0.6) is 0 Å². The highest BCUT2D eigenvalue weighted by Gasteiger charge is 2.35. The highest BCUT2D eigenvalue weighted by Crippen LogP contribution is 2.41. The lowest BCUT2D eigenvalue weighted by atomic mass is 9.92. The first kappa shape index (κ1) is 16.8. The molecule has 0 spiro atoms. The first-order valence-electron chi connectivity index (χ1n) is 8.31. The Bertz CT molecular complexity index is 1250. The molecule has 0 bridgehead atoms. The molecule has 0 saturated heterocycles. The number of tetrazole rings is 1. The summed E-state index contributed by atoms with van der Waals surface area (Å²) in [6, 6.07) is 13.0. The molecule has 10 heteroatoms. The Balaban J connectivity index is 1.84. The maximum absolute atomic E-state index is 14.7. The number of rotatable bonds is 2. The second-order valence-corrected chi connectivity index (χ2v) is 7.11. The number of anilines is 2. The molecule has 0 fully saturated rings. The highest BCUT2D eigenvalue weighted by atomic mass is 79.9. The summed E-state index contributed by atoms with van der Waals surface area (Å²) in [5, 5.41) is 21.3. The van der Waals surface area contributed by atoms with E-state index in [0.717, 1.165) is 10.0 Å². The maximum Gasteiger partial charge on any atom is 0.288 e. The Morgan fingerprint density at radius 1 is 1.11 bits per heavy atom. The smallest absolute Gasteiger partial charge is 0.288 e. The van der Waals surface area contributed by atoms with Crippen LogP contribution in [0.1, 0.15) is 17.2 Å². The molecule has 138 valence electrons. The summed E-state index contributed by atoms with van der Waals surface area (Å²) in [7, 11) is 0. The third kappa shape index (κ3) is 2.53. The van der Waals surface area contributed by atoms with Crippen LogP contribution in [-0.4, -0.2) is 30.4 Å². The minimum atomic E-state index is -0.754. The molecule has 4 aromatic rings. The molecular formula is C18H11BrFN7O. The zero-order valence-corrected chi connectivity index (χ0v) is 15.7. The van der Waals surface area contributed by atoms with E-state index in [1.165, 1.54) is 10.7 Å². The van der Waals surface area contributed by atoms with E-state index in [9.17, 15) is 9.18 Å². The lowest BCUT2D eigenvalue weighted by Gasteiger charge is -2.28. The molecule has 0 radical (unpaired) electrons. The van der Waals surface area contributed by atoms with Gasteiger partial charge in [-0.25, -0.2) is 9.49 Å². The third-order valence-corrected chi connectivity index (χ3v) is 5.11. The second kappa shape index (κ2) is 6.34. The average Bonchev–Trinajstić information content (AvgIpc) is 3.17. The first-order chi connectivity index (χ1) is 13.6. The van der Waals surface area contributed by atoms with E-state index in [1.54, 1.807) is 18.2 Å². The van der Waals surface area contributed by atoms with Crippen molar-refractivity contribution in [1.82, 2.24) is 30.4 Å². The standard InChI is InChI=1S/C18H11BrFN7O/c19-10-7-5-9(6-8-10)14-13-15(17(28)23-22-14)21-18-24-25-26-27(18)16(13)11-3-1-2-4-12(11)20/h1-8,16H,(H,23,28)(H,21,24,26). The molecule has 8 nitrogen and oxygen atoms in total. The van der Waals surface area contributed by atoms with Gasteiger partial charge >= 0.3 is 0 Å². The number of nitrogens with zero attached hydrogens (tertiary/aromatic N) is 5. The summed E-state index contributed by atoms with van der Waals surface area (Å²) in [5.74, 6) is -0.178. The van der Waals surface area contributed by atoms with Crippen LogP contribution in [0.4, 0.5) is 16.0 Å². The van der Waals surface area contributed by atoms with Crippen molar-refractivity contribution < 1.29 is 4.39 Å². The van der Waals surface area contributed by atoms with Gasteiger partial charge in [0.25, 0.3) is 5.56 Å². The maximum atomic E-state index is 14.7. The second-order valence-electron chi connectivity index (χ2n) is 6.19. The van der Waals surface area contributed by atoms with Gasteiger partial charge in [0, 0.05) is 21.2 Å². The van der Waals surface area contributed by atoms with Crippen molar-refractivity contribution in [2.75, 3.05) is 5.32 Å². The van der Waals surface area contributed by atoms with Crippen molar-refractivity contribution in [3.05, 3.63) is 80.3 Å². The summed E-state index contributed by atoms with van der Waals surface area (Å²) in [4.78, 5) is 12.5. The third-order valence-electron chi connectivity index (χ3n) is 4.59. The molecule has 0 amide bonds. The average molecular weight is 440 g/mol. The van der Waals surface area contributed by atoms with Crippen molar-refractivity contribution >= 4 is 27.6 Å². The van der Waals surface area contributed by atoms with E-state index in [1.807, 2.05) is 24.3 Å². The molecule has 0 saturated carbocycles. The Hall–Kier alpha value is -3.40. The minimum Gasteiger partial charge on any atom is -0.318 e. The van der Waals surface area contributed by atoms with Crippen LogP contribution in [0, 0.1) is 5.82 Å². The Labute approximate surface area is 165 Å². The molecule has 28 heavy (non-hydrogen) atoms. The van der Waals surface area contributed by atoms with Crippen molar-refractivity contribution in [1.29, 1.82) is 0 Å². The summed E-state index contributed by atoms with van der Waals surface area (Å²) in [5.41, 5.74) is 1.90.